The summed E-state index contributed by atoms with van der Waals surface area (Å²) in [4.78, 5) is 0. The Labute approximate surface area is 114 Å². The van der Waals surface area contributed by atoms with E-state index >= 15 is 0 Å². The maximum absolute atomic E-state index is 8.66. The smallest absolute Gasteiger partial charge is 0.122 e. The third-order valence-electron chi connectivity index (χ3n) is 3.21. The van der Waals surface area contributed by atoms with Crippen LogP contribution in [0, 0.1) is 18.8 Å². The van der Waals surface area contributed by atoms with Crippen LogP contribution in [0.5, 0.6) is 5.75 Å². The van der Waals surface area contributed by atoms with Crippen molar-refractivity contribution in [3.63, 3.8) is 0 Å². The minimum Gasteiger partial charge on any atom is -0.493 e. The molecule has 1 aliphatic rings. The number of hydrogen-bond donors (Lipinski definition) is 1. The molecular weight excluding hydrogens is 240 g/mol. The third kappa shape index (κ3) is 4.27. The largest absolute Gasteiger partial charge is 0.493 e. The number of aliphatic hydroxyl groups is 1. The average Bonchev–Trinajstić information content (AvgIpc) is 2.92. The highest BCUT2D eigenvalue weighted by molar-refractivity contribution is 5.43. The number of ether oxygens (including phenoxy) is 2. The molecule has 0 amide bonds. The predicted octanol–water partition coefficient (Wildman–Crippen LogP) is 2.29. The molecular formula is C16H20O3. The monoisotopic (exact) mass is 260 g/mol. The Morgan fingerprint density at radius 1 is 1.47 bits per heavy atom. The molecule has 0 saturated carbocycles. The van der Waals surface area contributed by atoms with E-state index in [0.29, 0.717) is 12.7 Å². The van der Waals surface area contributed by atoms with Gasteiger partial charge in [-0.15, -0.1) is 0 Å². The molecule has 1 saturated heterocycles. The lowest BCUT2D eigenvalue weighted by atomic mass is 10.1. The Kier molecular flexibility index (Phi) is 5.26. The lowest BCUT2D eigenvalue weighted by molar-refractivity contribution is 0.0902. The van der Waals surface area contributed by atoms with Crippen LogP contribution in [0.2, 0.25) is 0 Å². The molecule has 3 heteroatoms. The lowest BCUT2D eigenvalue weighted by Crippen LogP contribution is -2.11. The van der Waals surface area contributed by atoms with Gasteiger partial charge in [0.15, 0.2) is 0 Å². The summed E-state index contributed by atoms with van der Waals surface area (Å²) in [6.45, 7) is 3.47. The van der Waals surface area contributed by atoms with Crippen LogP contribution >= 0.6 is 0 Å². The third-order valence-corrected chi connectivity index (χ3v) is 3.21. The molecule has 1 aromatic rings. The predicted molar refractivity (Wildman–Crippen MR) is 74.2 cm³/mol. The standard InChI is InChI=1S/C16H20O3/c1-13-12-14(4-2-9-17)6-7-16(13)19-11-8-15-5-3-10-18-15/h6-7,12,15,17H,3,5,8-11H2,1H3. The quantitative estimate of drug-likeness (QED) is 0.844. The van der Waals surface area contributed by atoms with Crippen LogP contribution in [0.3, 0.4) is 0 Å². The van der Waals surface area contributed by atoms with E-state index in [1.807, 2.05) is 25.1 Å². The van der Waals surface area contributed by atoms with Crippen molar-refractivity contribution in [3.05, 3.63) is 29.3 Å². The molecule has 0 spiro atoms. The average molecular weight is 260 g/mol. The van der Waals surface area contributed by atoms with E-state index in [2.05, 4.69) is 11.8 Å². The fraction of sp³-hybridized carbons (Fsp3) is 0.500. The molecule has 19 heavy (non-hydrogen) atoms. The first-order valence-electron chi connectivity index (χ1n) is 6.74. The van der Waals surface area contributed by atoms with Crippen molar-refractivity contribution in [1.29, 1.82) is 0 Å². The van der Waals surface area contributed by atoms with Crippen molar-refractivity contribution in [2.45, 2.75) is 32.3 Å². The van der Waals surface area contributed by atoms with Crippen LogP contribution in [-0.2, 0) is 4.74 Å². The Hall–Kier alpha value is -1.50. The van der Waals surface area contributed by atoms with Crippen LogP contribution < -0.4 is 4.74 Å². The van der Waals surface area contributed by atoms with Gasteiger partial charge in [-0.05, 0) is 43.5 Å². The van der Waals surface area contributed by atoms with Gasteiger partial charge in [0.25, 0.3) is 0 Å². The van der Waals surface area contributed by atoms with E-state index in [-0.39, 0.29) is 6.61 Å². The molecule has 1 unspecified atom stereocenters. The second-order valence-corrected chi connectivity index (χ2v) is 4.71. The highest BCUT2D eigenvalue weighted by Crippen LogP contribution is 2.20. The second kappa shape index (κ2) is 7.18. The highest BCUT2D eigenvalue weighted by atomic mass is 16.5. The zero-order valence-corrected chi connectivity index (χ0v) is 11.3. The van der Waals surface area contributed by atoms with E-state index in [4.69, 9.17) is 14.6 Å². The summed E-state index contributed by atoms with van der Waals surface area (Å²) in [7, 11) is 0. The van der Waals surface area contributed by atoms with E-state index in [0.717, 1.165) is 36.3 Å². The normalized spacial score (nSPS) is 17.9. The van der Waals surface area contributed by atoms with Crippen molar-refractivity contribution >= 4 is 0 Å². The van der Waals surface area contributed by atoms with Crippen LogP contribution in [-0.4, -0.2) is 31.0 Å². The van der Waals surface area contributed by atoms with Crippen LogP contribution in [0.4, 0.5) is 0 Å². The van der Waals surface area contributed by atoms with Crippen LogP contribution in [0.1, 0.15) is 30.4 Å². The summed E-state index contributed by atoms with van der Waals surface area (Å²) in [5.41, 5.74) is 1.97. The van der Waals surface area contributed by atoms with Crippen LogP contribution in [0.15, 0.2) is 18.2 Å². The number of hydrogen-bond acceptors (Lipinski definition) is 3. The fourth-order valence-corrected chi connectivity index (χ4v) is 2.20. The second-order valence-electron chi connectivity index (χ2n) is 4.71. The molecule has 1 heterocycles. The molecule has 1 N–H and O–H groups in total. The number of aliphatic hydroxyl groups excluding tert-OH is 1. The number of benzene rings is 1. The summed E-state index contributed by atoms with van der Waals surface area (Å²) in [6, 6.07) is 5.83. The van der Waals surface area contributed by atoms with Gasteiger partial charge in [0.2, 0.25) is 0 Å². The van der Waals surface area contributed by atoms with Crippen molar-refractivity contribution in [2.75, 3.05) is 19.8 Å². The van der Waals surface area contributed by atoms with E-state index in [1.54, 1.807) is 0 Å². The van der Waals surface area contributed by atoms with Gasteiger partial charge < -0.3 is 14.6 Å². The molecule has 2 rings (SSSR count). The van der Waals surface area contributed by atoms with Crippen molar-refractivity contribution < 1.29 is 14.6 Å². The molecule has 1 aromatic carbocycles. The molecule has 0 bridgehead atoms. The fourth-order valence-electron chi connectivity index (χ4n) is 2.20. The summed E-state index contributed by atoms with van der Waals surface area (Å²) >= 11 is 0. The Bertz CT molecular complexity index is 465. The van der Waals surface area contributed by atoms with Gasteiger partial charge in [-0.3, -0.25) is 0 Å². The highest BCUT2D eigenvalue weighted by Gasteiger charge is 2.15. The van der Waals surface area contributed by atoms with Gasteiger partial charge in [-0.2, -0.15) is 0 Å². The van der Waals surface area contributed by atoms with Gasteiger partial charge in [-0.25, -0.2) is 0 Å². The zero-order chi connectivity index (χ0) is 13.5. The zero-order valence-electron chi connectivity index (χ0n) is 11.3. The van der Waals surface area contributed by atoms with Crippen molar-refractivity contribution in [2.24, 2.45) is 0 Å². The van der Waals surface area contributed by atoms with E-state index in [9.17, 15) is 0 Å². The molecule has 0 aliphatic carbocycles. The van der Waals surface area contributed by atoms with Gasteiger partial charge in [0, 0.05) is 18.6 Å². The van der Waals surface area contributed by atoms with E-state index in [1.165, 1.54) is 6.42 Å². The van der Waals surface area contributed by atoms with Gasteiger partial charge in [0.05, 0.1) is 12.7 Å². The molecule has 1 fully saturated rings. The van der Waals surface area contributed by atoms with Gasteiger partial charge >= 0.3 is 0 Å². The summed E-state index contributed by atoms with van der Waals surface area (Å²) in [5, 5.41) is 8.66. The maximum atomic E-state index is 8.66. The Balaban J connectivity index is 1.86. The van der Waals surface area contributed by atoms with Gasteiger partial charge in [-0.1, -0.05) is 11.8 Å². The maximum Gasteiger partial charge on any atom is 0.122 e. The van der Waals surface area contributed by atoms with Crippen LogP contribution in [0.25, 0.3) is 0 Å². The van der Waals surface area contributed by atoms with Gasteiger partial charge in [0.1, 0.15) is 12.4 Å². The lowest BCUT2D eigenvalue weighted by Gasteiger charge is -2.12. The molecule has 1 atom stereocenters. The first-order valence-corrected chi connectivity index (χ1v) is 6.74. The Morgan fingerprint density at radius 3 is 3.05 bits per heavy atom. The summed E-state index contributed by atoms with van der Waals surface area (Å²) in [6.07, 6.45) is 3.64. The molecule has 0 aromatic heterocycles. The first kappa shape index (κ1) is 13.9. The molecule has 1 aliphatic heterocycles. The van der Waals surface area contributed by atoms with E-state index < -0.39 is 0 Å². The first-order chi connectivity index (χ1) is 9.29. The molecule has 102 valence electrons. The van der Waals surface area contributed by atoms with Crippen molar-refractivity contribution in [1.82, 2.24) is 0 Å². The molecule has 3 nitrogen and oxygen atoms in total. The molecule has 0 radical (unpaired) electrons. The summed E-state index contributed by atoms with van der Waals surface area (Å²) in [5.74, 6) is 6.42. The minimum absolute atomic E-state index is 0.112. The number of rotatable bonds is 4. The summed E-state index contributed by atoms with van der Waals surface area (Å²) < 4.78 is 11.3. The Morgan fingerprint density at radius 2 is 2.37 bits per heavy atom. The SMILES string of the molecule is Cc1cc(C#CCO)ccc1OCCC1CCCO1. The topological polar surface area (TPSA) is 38.7 Å². The number of aryl methyl sites for hydroxylation is 1. The van der Waals surface area contributed by atoms with Crippen molar-refractivity contribution in [3.8, 4) is 17.6 Å². The minimum atomic E-state index is -0.112.